The smallest absolute Gasteiger partial charge is 0.262 e. The van der Waals surface area contributed by atoms with Gasteiger partial charge in [-0.15, -0.1) is 0 Å². The molecule has 1 rings (SSSR count). The average molecular weight is 166 g/mol. The third-order valence-corrected chi connectivity index (χ3v) is 1.01. The maximum absolute atomic E-state index is 11.7. The van der Waals surface area contributed by atoms with Gasteiger partial charge in [-0.2, -0.15) is 13.1 Å². The largest absolute Gasteiger partial charge is 0.508 e. The molecule has 1 aromatic heterocycles. The minimum atomic E-state index is -4.92. The number of halogens is 1. The monoisotopic (exact) mass is 166 g/mol. The zero-order valence-electron chi connectivity index (χ0n) is 4.64. The Labute approximate surface area is 56.4 Å². The number of hydrogen-bond donors (Lipinski definition) is 0. The molecule has 0 saturated heterocycles. The van der Waals surface area contributed by atoms with Gasteiger partial charge in [0, 0.05) is 6.20 Å². The molecule has 7 heteroatoms. The summed E-state index contributed by atoms with van der Waals surface area (Å²) in [6.07, 6.45) is 3.42. The highest BCUT2D eigenvalue weighted by Gasteiger charge is 2.07. The number of imidazole rings is 1. The summed E-state index contributed by atoms with van der Waals surface area (Å²) in [5.41, 5.74) is 0. The van der Waals surface area contributed by atoms with E-state index in [0.29, 0.717) is 4.73 Å². The lowest BCUT2D eigenvalue weighted by Crippen LogP contribution is -2.13. The predicted octanol–water partition coefficient (Wildman–Crippen LogP) is -0.474. The summed E-state index contributed by atoms with van der Waals surface area (Å²) in [5.74, 6) is 0. The van der Waals surface area contributed by atoms with Crippen molar-refractivity contribution in [3.05, 3.63) is 18.7 Å². The molecular weight excluding hydrogens is 163 g/mol. The van der Waals surface area contributed by atoms with E-state index < -0.39 is 10.5 Å². The molecular formula is C3H3FN2O3S. The molecule has 0 aromatic carbocycles. The van der Waals surface area contributed by atoms with E-state index in [-0.39, 0.29) is 0 Å². The molecule has 0 fully saturated rings. The van der Waals surface area contributed by atoms with Crippen LogP contribution in [-0.2, 0) is 10.5 Å². The van der Waals surface area contributed by atoms with Crippen molar-refractivity contribution >= 4 is 10.5 Å². The van der Waals surface area contributed by atoms with Gasteiger partial charge in [0.15, 0.2) is 0 Å². The molecule has 0 saturated carbocycles. The van der Waals surface area contributed by atoms with E-state index in [1.807, 2.05) is 0 Å². The summed E-state index contributed by atoms with van der Waals surface area (Å²) < 4.78 is 35.5. The summed E-state index contributed by atoms with van der Waals surface area (Å²) in [4.78, 5) is 3.41. The Morgan fingerprint density at radius 1 is 1.60 bits per heavy atom. The molecule has 1 heterocycles. The molecule has 5 nitrogen and oxygen atoms in total. The van der Waals surface area contributed by atoms with Crippen molar-refractivity contribution in [2.75, 3.05) is 0 Å². The van der Waals surface area contributed by atoms with Crippen LogP contribution in [0.15, 0.2) is 18.7 Å². The van der Waals surface area contributed by atoms with Gasteiger partial charge < -0.3 is 0 Å². The molecule has 56 valence electrons. The van der Waals surface area contributed by atoms with Gasteiger partial charge in [-0.25, -0.2) is 4.98 Å². The Kier molecular flexibility index (Phi) is 1.58. The van der Waals surface area contributed by atoms with E-state index in [1.165, 1.54) is 6.20 Å². The number of nitrogens with zero attached hydrogens (tertiary/aromatic N) is 2. The second-order valence-electron chi connectivity index (χ2n) is 1.39. The maximum Gasteiger partial charge on any atom is 0.508 e. The molecule has 0 atom stereocenters. The van der Waals surface area contributed by atoms with E-state index in [0.717, 1.165) is 12.5 Å². The summed E-state index contributed by atoms with van der Waals surface area (Å²) in [6, 6.07) is 0. The number of aromatic nitrogens is 2. The minimum absolute atomic E-state index is 0.634. The molecule has 0 radical (unpaired) electrons. The van der Waals surface area contributed by atoms with Crippen LogP contribution in [0.3, 0.4) is 0 Å². The first-order valence-corrected chi connectivity index (χ1v) is 3.51. The van der Waals surface area contributed by atoms with Crippen molar-refractivity contribution in [2.24, 2.45) is 0 Å². The Morgan fingerprint density at radius 2 is 2.30 bits per heavy atom. The summed E-state index contributed by atoms with van der Waals surface area (Å²) in [6.45, 7) is 0. The van der Waals surface area contributed by atoms with Crippen LogP contribution in [0.5, 0.6) is 0 Å². The van der Waals surface area contributed by atoms with Gasteiger partial charge in [-0.1, -0.05) is 3.89 Å². The van der Waals surface area contributed by atoms with E-state index in [9.17, 15) is 12.3 Å². The first-order chi connectivity index (χ1) is 4.58. The summed E-state index contributed by atoms with van der Waals surface area (Å²) in [7, 11) is -4.92. The van der Waals surface area contributed by atoms with Crippen LogP contribution in [0.1, 0.15) is 0 Å². The van der Waals surface area contributed by atoms with Crippen molar-refractivity contribution in [3.8, 4) is 0 Å². The van der Waals surface area contributed by atoms with E-state index in [4.69, 9.17) is 0 Å². The number of hydrogen-bond acceptors (Lipinski definition) is 4. The van der Waals surface area contributed by atoms with E-state index in [1.54, 1.807) is 0 Å². The van der Waals surface area contributed by atoms with Gasteiger partial charge in [0.25, 0.3) is 0 Å². The lowest BCUT2D eigenvalue weighted by molar-refractivity contribution is 0.259. The molecule has 0 aliphatic rings. The van der Waals surface area contributed by atoms with Gasteiger partial charge in [-0.05, 0) is 0 Å². The highest BCUT2D eigenvalue weighted by molar-refractivity contribution is 7.81. The Hall–Kier alpha value is -1.11. The topological polar surface area (TPSA) is 61.2 Å². The van der Waals surface area contributed by atoms with Crippen molar-refractivity contribution in [1.29, 1.82) is 0 Å². The standard InChI is InChI=1S/C3H3FN2O3S/c4-10(7,8)9-6-2-1-5-3-6/h1-3H. The van der Waals surface area contributed by atoms with Crippen molar-refractivity contribution in [1.82, 2.24) is 9.71 Å². The SMILES string of the molecule is O=S(=O)(F)On1ccnc1. The third-order valence-electron chi connectivity index (χ3n) is 0.655. The molecule has 0 unspecified atom stereocenters. The predicted molar refractivity (Wildman–Crippen MR) is 28.8 cm³/mol. The fraction of sp³-hybridized carbons (Fsp3) is 0. The zero-order valence-corrected chi connectivity index (χ0v) is 5.45. The fourth-order valence-electron chi connectivity index (χ4n) is 0.394. The first-order valence-electron chi connectivity index (χ1n) is 2.20. The highest BCUT2D eigenvalue weighted by Crippen LogP contribution is 1.89. The Morgan fingerprint density at radius 3 is 2.70 bits per heavy atom. The fourth-order valence-corrected chi connectivity index (χ4v) is 0.688. The third kappa shape index (κ3) is 2.02. The van der Waals surface area contributed by atoms with Gasteiger partial charge in [0.1, 0.15) is 6.33 Å². The maximum atomic E-state index is 11.7. The lowest BCUT2D eigenvalue weighted by atomic mass is 11.0. The van der Waals surface area contributed by atoms with Crippen LogP contribution < -0.4 is 4.28 Å². The molecule has 1 aromatic rings. The average Bonchev–Trinajstić information content (AvgIpc) is 2.12. The van der Waals surface area contributed by atoms with Crippen molar-refractivity contribution in [2.45, 2.75) is 0 Å². The summed E-state index contributed by atoms with van der Waals surface area (Å²) in [5, 5.41) is 0. The molecule has 0 spiro atoms. The number of rotatable bonds is 2. The van der Waals surface area contributed by atoms with Crippen molar-refractivity contribution in [3.63, 3.8) is 0 Å². The van der Waals surface area contributed by atoms with Crippen LogP contribution >= 0.6 is 0 Å². The Bertz CT molecular complexity index is 292. The second-order valence-corrected chi connectivity index (χ2v) is 2.33. The van der Waals surface area contributed by atoms with Crippen LogP contribution in [0.4, 0.5) is 3.89 Å². The lowest BCUT2D eigenvalue weighted by Gasteiger charge is -1.95. The quantitative estimate of drug-likeness (QED) is 0.557. The van der Waals surface area contributed by atoms with Crippen LogP contribution in [-0.4, -0.2) is 18.1 Å². The normalized spacial score (nSPS) is 11.3. The van der Waals surface area contributed by atoms with Crippen LogP contribution in [0, 0.1) is 0 Å². The zero-order chi connectivity index (χ0) is 7.61. The minimum Gasteiger partial charge on any atom is -0.262 e. The molecule has 0 aliphatic heterocycles. The first kappa shape index (κ1) is 7.00. The Balaban J connectivity index is 2.75. The van der Waals surface area contributed by atoms with Crippen molar-refractivity contribution < 1.29 is 16.6 Å². The molecule has 10 heavy (non-hydrogen) atoms. The van der Waals surface area contributed by atoms with E-state index >= 15 is 0 Å². The van der Waals surface area contributed by atoms with Gasteiger partial charge in [-0.3, -0.25) is 4.28 Å². The molecule has 0 bridgehead atoms. The second kappa shape index (κ2) is 2.25. The molecule has 0 aliphatic carbocycles. The van der Waals surface area contributed by atoms with Gasteiger partial charge in [0.05, 0.1) is 6.20 Å². The van der Waals surface area contributed by atoms with Gasteiger partial charge >= 0.3 is 10.5 Å². The highest BCUT2D eigenvalue weighted by atomic mass is 32.3. The van der Waals surface area contributed by atoms with E-state index in [2.05, 4.69) is 9.27 Å². The summed E-state index contributed by atoms with van der Waals surface area (Å²) >= 11 is 0. The van der Waals surface area contributed by atoms with Gasteiger partial charge in [0.2, 0.25) is 0 Å². The molecule has 0 N–H and O–H groups in total. The molecule has 0 amide bonds. The van der Waals surface area contributed by atoms with Crippen LogP contribution in [0.2, 0.25) is 0 Å². The van der Waals surface area contributed by atoms with Crippen LogP contribution in [0.25, 0.3) is 0 Å².